The third-order valence-corrected chi connectivity index (χ3v) is 18.8. The van der Waals surface area contributed by atoms with Crippen LogP contribution in [0.5, 0.6) is 0 Å². The summed E-state index contributed by atoms with van der Waals surface area (Å²) in [5.74, 6) is -0.295. The van der Waals surface area contributed by atoms with Crippen LogP contribution in [0.4, 0.5) is 0 Å². The summed E-state index contributed by atoms with van der Waals surface area (Å²) >= 11 is 0. The van der Waals surface area contributed by atoms with Crippen LogP contribution in [0.2, 0.25) is 0 Å². The Labute approximate surface area is 596 Å². The van der Waals surface area contributed by atoms with E-state index in [2.05, 4.69) is 104 Å². The fourth-order valence-corrected chi connectivity index (χ4v) is 12.6. The van der Waals surface area contributed by atoms with Crippen molar-refractivity contribution in [1.29, 1.82) is 0 Å². The Morgan fingerprint density at radius 3 is 1.13 bits per heavy atom. The normalized spacial score (nSPS) is 27.1. The van der Waals surface area contributed by atoms with Crippen molar-refractivity contribution in [1.82, 2.24) is 5.32 Å². The van der Waals surface area contributed by atoms with Gasteiger partial charge in [-0.2, -0.15) is 0 Å². The summed E-state index contributed by atoms with van der Waals surface area (Å²) in [6.07, 6.45) is 53.9. The molecule has 0 aliphatic carbocycles. The molecule has 0 radical (unpaired) electrons. The number of carbonyl (C=O) groups is 1. The topological polar surface area (TPSA) is 307 Å². The Bertz CT molecular complexity index is 2170. The summed E-state index contributed by atoms with van der Waals surface area (Å²) < 4.78 is 34.4. The molecule has 3 aliphatic rings. The molecule has 0 saturated carbocycles. The smallest absolute Gasteiger partial charge is 0.220 e. The number of aliphatic hydroxyl groups excluding tert-OH is 11. The molecule has 3 aliphatic heterocycles. The average molecular weight is 1400 g/mol. The van der Waals surface area contributed by atoms with E-state index in [1.165, 1.54) is 148 Å². The predicted molar refractivity (Wildman–Crippen MR) is 392 cm³/mol. The Morgan fingerprint density at radius 1 is 0.374 bits per heavy atom. The highest BCUT2D eigenvalue weighted by atomic mass is 16.8. The molecule has 99 heavy (non-hydrogen) atoms. The fourth-order valence-electron chi connectivity index (χ4n) is 12.6. The van der Waals surface area contributed by atoms with Crippen molar-refractivity contribution in [2.45, 2.75) is 375 Å². The zero-order valence-corrected chi connectivity index (χ0v) is 60.9. The number of aliphatic hydroxyl groups is 11. The van der Waals surface area contributed by atoms with Crippen LogP contribution in [0.25, 0.3) is 0 Å². The second-order valence-electron chi connectivity index (χ2n) is 27.4. The van der Waals surface area contributed by atoms with Crippen LogP contribution in [-0.2, 0) is 33.2 Å². The van der Waals surface area contributed by atoms with Gasteiger partial charge >= 0.3 is 0 Å². The van der Waals surface area contributed by atoms with E-state index in [-0.39, 0.29) is 18.9 Å². The van der Waals surface area contributed by atoms with Crippen molar-refractivity contribution in [3.8, 4) is 0 Å². The molecule has 0 spiro atoms. The Hall–Kier alpha value is -3.29. The second kappa shape index (κ2) is 60.0. The van der Waals surface area contributed by atoms with E-state index in [1.807, 2.05) is 6.08 Å². The number of hydrogen-bond acceptors (Lipinski definition) is 18. The lowest BCUT2D eigenvalue weighted by molar-refractivity contribution is -0.379. The molecule has 12 N–H and O–H groups in total. The third kappa shape index (κ3) is 40.5. The zero-order valence-electron chi connectivity index (χ0n) is 60.9. The molecule has 3 fully saturated rings. The molecule has 3 heterocycles. The largest absolute Gasteiger partial charge is 0.394 e. The molecular weight excluding hydrogens is 1260 g/mol. The van der Waals surface area contributed by atoms with Gasteiger partial charge in [-0.25, -0.2) is 0 Å². The number of unbranched alkanes of at least 4 members (excludes halogenated alkanes) is 30. The molecule has 17 atom stereocenters. The van der Waals surface area contributed by atoms with Crippen molar-refractivity contribution in [2.24, 2.45) is 0 Å². The monoisotopic (exact) mass is 1400 g/mol. The lowest BCUT2D eigenvalue weighted by Gasteiger charge is -2.48. The number of allylic oxidation sites excluding steroid dienone is 15. The van der Waals surface area contributed by atoms with Gasteiger partial charge in [0.2, 0.25) is 5.91 Å². The fraction of sp³-hybridized carbons (Fsp3) is 0.787. The Kier molecular flexibility index (Phi) is 54.5. The van der Waals surface area contributed by atoms with Gasteiger partial charge in [0, 0.05) is 6.42 Å². The van der Waals surface area contributed by atoms with Gasteiger partial charge in [-0.05, 0) is 89.9 Å². The molecular formula is C80H139NO18. The first-order valence-corrected chi connectivity index (χ1v) is 39.0. The summed E-state index contributed by atoms with van der Waals surface area (Å²) in [4.78, 5) is 13.5. The lowest BCUT2D eigenvalue weighted by Crippen LogP contribution is -2.66. The van der Waals surface area contributed by atoms with E-state index in [9.17, 15) is 61.0 Å². The minimum Gasteiger partial charge on any atom is -0.394 e. The van der Waals surface area contributed by atoms with E-state index in [0.29, 0.717) is 12.8 Å². The number of nitrogens with one attached hydrogen (secondary N) is 1. The van der Waals surface area contributed by atoms with Crippen LogP contribution < -0.4 is 5.32 Å². The first-order valence-electron chi connectivity index (χ1n) is 39.0. The van der Waals surface area contributed by atoms with Crippen LogP contribution in [0, 0.1) is 0 Å². The molecule has 572 valence electrons. The molecule has 19 heteroatoms. The first-order chi connectivity index (χ1) is 48.3. The van der Waals surface area contributed by atoms with Gasteiger partial charge in [0.1, 0.15) is 73.2 Å². The predicted octanol–water partition coefficient (Wildman–Crippen LogP) is 12.4. The molecule has 0 aromatic rings. The highest BCUT2D eigenvalue weighted by molar-refractivity contribution is 5.76. The molecule has 1 amide bonds. The maximum Gasteiger partial charge on any atom is 0.220 e. The molecule has 0 bridgehead atoms. The quantitative estimate of drug-likeness (QED) is 0.0199. The first kappa shape index (κ1) is 89.9. The van der Waals surface area contributed by atoms with Crippen LogP contribution >= 0.6 is 0 Å². The van der Waals surface area contributed by atoms with Crippen molar-refractivity contribution < 1.29 is 89.4 Å². The maximum atomic E-state index is 13.5. The van der Waals surface area contributed by atoms with Gasteiger partial charge in [-0.1, -0.05) is 272 Å². The number of amides is 1. The van der Waals surface area contributed by atoms with Crippen LogP contribution in [0.15, 0.2) is 97.2 Å². The lowest BCUT2D eigenvalue weighted by atomic mass is 9.96. The van der Waals surface area contributed by atoms with E-state index in [1.54, 1.807) is 6.08 Å². The molecule has 19 nitrogen and oxygen atoms in total. The molecule has 3 saturated heterocycles. The van der Waals surface area contributed by atoms with E-state index >= 15 is 0 Å². The SMILES string of the molecule is CC/C=C\C/C=C\C/C=C\C/C=C\C/C=C\CCCCCCCCCCCCCC(=O)NC(COC1OC(CO)C(OC2OC(CO)C(OC3OC(CO)C(O)C(O)C3O)C(O)C2O)C(O)C1O)C(O)/C=C/CC/C=C/CC/C=C/CCCCCCCCCCCCCCCCCCC. The minimum absolute atomic E-state index is 0.223. The maximum absolute atomic E-state index is 13.5. The van der Waals surface area contributed by atoms with E-state index in [0.717, 1.165) is 89.9 Å². The number of ether oxygens (including phenoxy) is 6. The summed E-state index contributed by atoms with van der Waals surface area (Å²) in [6, 6.07) is -1.01. The van der Waals surface area contributed by atoms with Gasteiger partial charge in [0.15, 0.2) is 18.9 Å². The van der Waals surface area contributed by atoms with Crippen molar-refractivity contribution >= 4 is 5.91 Å². The number of carbonyl (C=O) groups excluding carboxylic acids is 1. The standard InChI is InChI=1S/C80H139NO18/c1-3-5-7-9-11-13-15-17-19-21-23-25-27-29-31-33-35-37-39-41-43-45-47-49-51-53-55-57-64(85)63(81-68(86)58-56-54-52-50-48-46-44-42-40-38-36-34-32-30-28-26-24-22-20-18-16-14-12-10-8-6-4-2)62-94-78-74(92)71(89)76(66(60-83)96-78)99-80-75(93)72(90)77(67(61-84)97-80)98-79-73(91)70(88)69(87)65(59-82)95-79/h6,8,12,14,18,20,24,26,30,32,39,41,47,49,55,57,63-67,69-80,82-85,87-93H,3-5,7,9-11,13,15-17,19,21-23,25,27-29,31,33-38,40,42-46,48,50-54,56,58-62H2,1-2H3,(H,81,86)/b8-6-,14-12-,20-18-,26-24-,32-30-,41-39+,49-47+,57-55+. The third-order valence-electron chi connectivity index (χ3n) is 18.8. The molecule has 17 unspecified atom stereocenters. The van der Waals surface area contributed by atoms with E-state index in [4.69, 9.17) is 28.4 Å². The van der Waals surface area contributed by atoms with Crippen LogP contribution in [0.1, 0.15) is 271 Å². The molecule has 3 rings (SSSR count). The summed E-state index contributed by atoms with van der Waals surface area (Å²) in [5, 5.41) is 121. The summed E-state index contributed by atoms with van der Waals surface area (Å²) in [5.41, 5.74) is 0. The van der Waals surface area contributed by atoms with Gasteiger partial charge < -0.3 is 89.9 Å². The highest BCUT2D eigenvalue weighted by Crippen LogP contribution is 2.33. The average Bonchev–Trinajstić information content (AvgIpc) is 0.784. The Balaban J connectivity index is 1.42. The number of rotatable bonds is 60. The van der Waals surface area contributed by atoms with E-state index < -0.39 is 124 Å². The Morgan fingerprint density at radius 2 is 0.707 bits per heavy atom. The second-order valence-corrected chi connectivity index (χ2v) is 27.4. The molecule has 0 aromatic heterocycles. The summed E-state index contributed by atoms with van der Waals surface area (Å²) in [7, 11) is 0. The van der Waals surface area contributed by atoms with Gasteiger partial charge in [0.05, 0.1) is 38.6 Å². The minimum atomic E-state index is -1.99. The zero-order chi connectivity index (χ0) is 71.8. The number of hydrogen-bond donors (Lipinski definition) is 12. The van der Waals surface area contributed by atoms with Crippen molar-refractivity contribution in [3.63, 3.8) is 0 Å². The van der Waals surface area contributed by atoms with Gasteiger partial charge in [-0.3, -0.25) is 4.79 Å². The van der Waals surface area contributed by atoms with Gasteiger partial charge in [-0.15, -0.1) is 0 Å². The van der Waals surface area contributed by atoms with Gasteiger partial charge in [0.25, 0.3) is 0 Å². The molecule has 0 aromatic carbocycles. The van der Waals surface area contributed by atoms with Crippen molar-refractivity contribution in [2.75, 3.05) is 26.4 Å². The highest BCUT2D eigenvalue weighted by Gasteiger charge is 2.53. The van der Waals surface area contributed by atoms with Crippen molar-refractivity contribution in [3.05, 3.63) is 97.2 Å². The van der Waals surface area contributed by atoms with Crippen LogP contribution in [-0.4, -0.2) is 193 Å². The van der Waals surface area contributed by atoms with Crippen LogP contribution in [0.3, 0.4) is 0 Å². The summed E-state index contributed by atoms with van der Waals surface area (Å²) in [6.45, 7) is 1.61.